The van der Waals surface area contributed by atoms with Crippen LogP contribution in [0.15, 0.2) is 30.7 Å². The van der Waals surface area contributed by atoms with Crippen LogP contribution >= 0.6 is 0 Å². The molecule has 0 bridgehead atoms. The molecule has 0 spiro atoms. The van der Waals surface area contributed by atoms with Crippen molar-refractivity contribution in [2.24, 2.45) is 0 Å². The molecule has 0 fully saturated rings. The van der Waals surface area contributed by atoms with E-state index in [4.69, 9.17) is 14.4 Å². The van der Waals surface area contributed by atoms with E-state index in [1.54, 1.807) is 6.07 Å². The Morgan fingerprint density at radius 2 is 1.96 bits per heavy atom. The summed E-state index contributed by atoms with van der Waals surface area (Å²) in [6, 6.07) is 7.73. The van der Waals surface area contributed by atoms with Crippen molar-refractivity contribution >= 4 is 9.76 Å². The maximum Gasteiger partial charge on any atom is 0.168 e. The summed E-state index contributed by atoms with van der Waals surface area (Å²) in [6.45, 7) is 14.0. The second kappa shape index (κ2) is 8.06. The highest BCUT2D eigenvalue weighted by molar-refractivity contribution is 6.31. The van der Waals surface area contributed by atoms with Gasteiger partial charge in [0.05, 0.1) is 48.6 Å². The van der Waals surface area contributed by atoms with Crippen LogP contribution in [-0.2, 0) is 16.6 Å². The van der Waals surface area contributed by atoms with Gasteiger partial charge in [-0.15, -0.1) is 0 Å². The molecule has 1 heterocycles. The van der Waals surface area contributed by atoms with E-state index >= 15 is 0 Å². The van der Waals surface area contributed by atoms with E-state index in [9.17, 15) is 0 Å². The minimum absolute atomic E-state index is 0.234. The number of nitrogens with zero attached hydrogens (tertiary/aromatic N) is 3. The molecule has 0 radical (unpaired) electrons. The fourth-order valence-electron chi connectivity index (χ4n) is 2.65. The van der Waals surface area contributed by atoms with Crippen molar-refractivity contribution in [2.45, 2.75) is 58.7 Å². The molecule has 2 rings (SSSR count). The highest BCUT2D eigenvalue weighted by Gasteiger charge is 2.27. The van der Waals surface area contributed by atoms with Crippen molar-refractivity contribution in [1.29, 1.82) is 5.26 Å². The maximum absolute atomic E-state index is 9.12. The lowest BCUT2D eigenvalue weighted by Crippen LogP contribution is -2.30. The van der Waals surface area contributed by atoms with Crippen molar-refractivity contribution in [3.63, 3.8) is 0 Å². The number of aromatic nitrogens is 2. The molecule has 26 heavy (non-hydrogen) atoms. The van der Waals surface area contributed by atoms with Crippen molar-refractivity contribution in [3.05, 3.63) is 47.5 Å². The maximum atomic E-state index is 9.12. The summed E-state index contributed by atoms with van der Waals surface area (Å²) < 4.78 is 14.2. The SMILES string of the molecule is CCOc1cc(C#N)ccc1Cn1cncc1C(C)(C)O[SiH2]C(C)(C)C. The number of hydrogen-bond acceptors (Lipinski definition) is 4. The average molecular weight is 372 g/mol. The standard InChI is InChI=1S/C20H29N3O2Si/c1-7-24-17-10-15(11-21)8-9-16(17)13-23-14-22-12-18(23)20(5,6)25-26-19(2,3)4/h8-10,12,14H,7,13,26H2,1-6H3. The number of ether oxygens (including phenoxy) is 1. The van der Waals surface area contributed by atoms with Crippen molar-refractivity contribution < 1.29 is 9.16 Å². The lowest BCUT2D eigenvalue weighted by atomic mass is 10.1. The molecule has 2 aromatic rings. The van der Waals surface area contributed by atoms with Crippen LogP contribution in [0.3, 0.4) is 0 Å². The second-order valence-corrected chi connectivity index (χ2v) is 10.8. The summed E-state index contributed by atoms with van der Waals surface area (Å²) in [5.41, 5.74) is 2.27. The number of imidazole rings is 1. The highest BCUT2D eigenvalue weighted by atomic mass is 28.2. The topological polar surface area (TPSA) is 60.1 Å². The van der Waals surface area contributed by atoms with Crippen LogP contribution in [0.5, 0.6) is 5.75 Å². The normalized spacial score (nSPS) is 12.5. The van der Waals surface area contributed by atoms with Gasteiger partial charge in [0.2, 0.25) is 0 Å². The fraction of sp³-hybridized carbons (Fsp3) is 0.500. The Morgan fingerprint density at radius 1 is 1.23 bits per heavy atom. The Bertz CT molecular complexity index is 785. The zero-order valence-corrected chi connectivity index (χ0v) is 18.1. The Kier molecular flexibility index (Phi) is 6.27. The van der Waals surface area contributed by atoms with E-state index < -0.39 is 15.4 Å². The van der Waals surface area contributed by atoms with Crippen molar-refractivity contribution in [3.8, 4) is 11.8 Å². The predicted molar refractivity (Wildman–Crippen MR) is 106 cm³/mol. The molecule has 0 atom stereocenters. The van der Waals surface area contributed by atoms with Gasteiger partial charge in [-0.1, -0.05) is 26.8 Å². The summed E-state index contributed by atoms with van der Waals surface area (Å²) in [7, 11) is -0.690. The summed E-state index contributed by atoms with van der Waals surface area (Å²) >= 11 is 0. The lowest BCUT2D eigenvalue weighted by molar-refractivity contribution is 0.100. The Morgan fingerprint density at radius 3 is 2.58 bits per heavy atom. The van der Waals surface area contributed by atoms with Gasteiger partial charge in [-0.3, -0.25) is 0 Å². The molecular weight excluding hydrogens is 342 g/mol. The van der Waals surface area contributed by atoms with Gasteiger partial charge in [-0.2, -0.15) is 5.26 Å². The van der Waals surface area contributed by atoms with Gasteiger partial charge < -0.3 is 13.7 Å². The third-order valence-corrected chi connectivity index (χ3v) is 5.76. The molecule has 0 saturated heterocycles. The van der Waals surface area contributed by atoms with Crippen LogP contribution in [0.4, 0.5) is 0 Å². The number of benzene rings is 1. The zero-order chi connectivity index (χ0) is 19.4. The van der Waals surface area contributed by atoms with E-state index in [0.717, 1.165) is 17.0 Å². The molecule has 0 aliphatic heterocycles. The largest absolute Gasteiger partial charge is 0.493 e. The number of nitriles is 1. The van der Waals surface area contributed by atoms with E-state index in [2.05, 4.69) is 50.2 Å². The minimum atomic E-state index is -0.690. The minimum Gasteiger partial charge on any atom is -0.493 e. The van der Waals surface area contributed by atoms with Gasteiger partial charge in [0.15, 0.2) is 9.76 Å². The van der Waals surface area contributed by atoms with Crippen LogP contribution in [-0.4, -0.2) is 25.9 Å². The van der Waals surface area contributed by atoms with Gasteiger partial charge in [-0.25, -0.2) is 4.98 Å². The molecule has 140 valence electrons. The molecule has 1 aromatic carbocycles. The van der Waals surface area contributed by atoms with E-state index in [1.165, 1.54) is 0 Å². The second-order valence-electron chi connectivity index (χ2n) is 8.13. The molecule has 0 saturated carbocycles. The summed E-state index contributed by atoms with van der Waals surface area (Å²) in [6.07, 6.45) is 3.70. The third kappa shape index (κ3) is 5.20. The summed E-state index contributed by atoms with van der Waals surface area (Å²) in [4.78, 5) is 4.34. The fourth-order valence-corrected chi connectivity index (χ4v) is 3.59. The number of hydrogen-bond donors (Lipinski definition) is 0. The molecule has 5 nitrogen and oxygen atoms in total. The molecule has 6 heteroatoms. The van der Waals surface area contributed by atoms with E-state index in [-0.39, 0.29) is 5.04 Å². The first-order valence-corrected chi connectivity index (χ1v) is 10.2. The third-order valence-electron chi connectivity index (χ3n) is 4.03. The molecular formula is C20H29N3O2Si. The smallest absolute Gasteiger partial charge is 0.168 e. The molecule has 1 aromatic heterocycles. The van der Waals surface area contributed by atoms with Crippen LogP contribution < -0.4 is 4.74 Å². The molecule has 0 aliphatic carbocycles. The first kappa shape index (κ1) is 20.2. The molecule has 0 aliphatic rings. The molecule has 0 unspecified atom stereocenters. The first-order valence-electron chi connectivity index (χ1n) is 8.96. The lowest BCUT2D eigenvalue weighted by Gasteiger charge is -2.30. The Labute approximate surface area is 158 Å². The molecule has 0 N–H and O–H groups in total. The Hall–Kier alpha value is -2.10. The molecule has 0 amide bonds. The van der Waals surface area contributed by atoms with Crippen molar-refractivity contribution in [2.75, 3.05) is 6.61 Å². The summed E-state index contributed by atoms with van der Waals surface area (Å²) in [5, 5.41) is 9.35. The van der Waals surface area contributed by atoms with E-state index in [1.807, 2.05) is 31.6 Å². The summed E-state index contributed by atoms with van der Waals surface area (Å²) in [5.74, 6) is 0.744. The van der Waals surface area contributed by atoms with E-state index in [0.29, 0.717) is 18.7 Å². The Balaban J connectivity index is 2.27. The van der Waals surface area contributed by atoms with Crippen LogP contribution in [0.25, 0.3) is 0 Å². The van der Waals surface area contributed by atoms with Crippen molar-refractivity contribution in [1.82, 2.24) is 9.55 Å². The monoisotopic (exact) mass is 371 g/mol. The van der Waals surface area contributed by atoms with Gasteiger partial charge in [0.1, 0.15) is 5.75 Å². The van der Waals surface area contributed by atoms with Gasteiger partial charge >= 0.3 is 0 Å². The predicted octanol–water partition coefficient (Wildman–Crippen LogP) is 3.76. The zero-order valence-electron chi connectivity index (χ0n) is 16.7. The van der Waals surface area contributed by atoms with Crippen LogP contribution in [0, 0.1) is 11.3 Å². The van der Waals surface area contributed by atoms with Crippen LogP contribution in [0.1, 0.15) is 58.4 Å². The van der Waals surface area contributed by atoms with Crippen LogP contribution in [0.2, 0.25) is 5.04 Å². The first-order chi connectivity index (χ1) is 12.2. The number of rotatable bonds is 7. The quantitative estimate of drug-likeness (QED) is 0.695. The van der Waals surface area contributed by atoms with Gasteiger partial charge in [0.25, 0.3) is 0 Å². The average Bonchev–Trinajstić information content (AvgIpc) is 3.03. The van der Waals surface area contributed by atoms with Gasteiger partial charge in [0, 0.05) is 5.56 Å². The highest BCUT2D eigenvalue weighted by Crippen LogP contribution is 2.30. The van der Waals surface area contributed by atoms with Gasteiger partial charge in [-0.05, 0) is 37.9 Å².